The van der Waals surface area contributed by atoms with E-state index in [1.165, 1.54) is 8.20 Å². The van der Waals surface area contributed by atoms with E-state index in [0.717, 1.165) is 32.7 Å². The lowest BCUT2D eigenvalue weighted by molar-refractivity contribution is -0.0129. The van der Waals surface area contributed by atoms with Gasteiger partial charge in [-0.3, -0.25) is 9.80 Å². The summed E-state index contributed by atoms with van der Waals surface area (Å²) in [5.74, 6) is 0. The van der Waals surface area contributed by atoms with Crippen LogP contribution in [-0.2, 0) is 0 Å². The first-order chi connectivity index (χ1) is 8.67. The second kappa shape index (κ2) is 6.56. The van der Waals surface area contributed by atoms with E-state index in [4.69, 9.17) is 0 Å². The van der Waals surface area contributed by atoms with Crippen LogP contribution < -0.4 is 5.32 Å². The Morgan fingerprint density at radius 1 is 1.56 bits per heavy atom. The van der Waals surface area contributed by atoms with Crippen molar-refractivity contribution in [3.8, 4) is 0 Å². The maximum absolute atomic E-state index is 9.43. The first kappa shape index (κ1) is 14.6. The molecule has 0 spiro atoms. The molecule has 0 radical (unpaired) electrons. The van der Waals surface area contributed by atoms with Crippen molar-refractivity contribution in [3.05, 3.63) is 0 Å². The third kappa shape index (κ3) is 3.01. The molecular formula is C12H24N3OP2+. The van der Waals surface area contributed by atoms with Gasteiger partial charge in [-0.25, -0.2) is 0 Å². The standard InChI is InChI=1S/C12H24N3OP2/c1-17-12(18(2)3)14-7-11(8-14)15-5-4-13-6-10(15)9-16/h10-13,16H,1-2,4-9H2,3H3/q+1. The summed E-state index contributed by atoms with van der Waals surface area (Å²) in [4.78, 5) is 4.99. The van der Waals surface area contributed by atoms with Gasteiger partial charge in [0.1, 0.15) is 7.55 Å². The second-order valence-electron chi connectivity index (χ2n) is 5.17. The minimum atomic E-state index is -0.188. The molecular weight excluding hydrogens is 264 g/mol. The molecule has 4 nitrogen and oxygen atoms in total. The molecule has 18 heavy (non-hydrogen) atoms. The molecule has 2 rings (SSSR count). The second-order valence-corrected chi connectivity index (χ2v) is 8.44. The van der Waals surface area contributed by atoms with Crippen LogP contribution in [0.15, 0.2) is 0 Å². The van der Waals surface area contributed by atoms with E-state index >= 15 is 0 Å². The highest BCUT2D eigenvalue weighted by molar-refractivity contribution is 7.66. The van der Waals surface area contributed by atoms with Crippen LogP contribution in [-0.4, -0.2) is 91.1 Å². The van der Waals surface area contributed by atoms with Crippen LogP contribution in [0, 0.1) is 0 Å². The van der Waals surface area contributed by atoms with Crippen molar-refractivity contribution in [2.45, 2.75) is 17.6 Å². The molecule has 0 aliphatic carbocycles. The zero-order chi connectivity index (χ0) is 13.1. The lowest BCUT2D eigenvalue weighted by Crippen LogP contribution is -2.67. The van der Waals surface area contributed by atoms with Crippen molar-refractivity contribution in [1.82, 2.24) is 15.1 Å². The van der Waals surface area contributed by atoms with Gasteiger partial charge < -0.3 is 10.4 Å². The van der Waals surface area contributed by atoms with Crippen molar-refractivity contribution in [3.63, 3.8) is 0 Å². The highest BCUT2D eigenvalue weighted by atomic mass is 31.1. The number of likely N-dealkylation sites (tertiary alicyclic amines) is 1. The molecule has 2 aliphatic rings. The lowest BCUT2D eigenvalue weighted by Gasteiger charge is -2.49. The Bertz CT molecular complexity index is 320. The van der Waals surface area contributed by atoms with Gasteiger partial charge in [0, 0.05) is 44.8 Å². The van der Waals surface area contributed by atoms with Crippen molar-refractivity contribution in [2.24, 2.45) is 0 Å². The van der Waals surface area contributed by atoms with E-state index in [1.54, 1.807) is 0 Å². The minimum Gasteiger partial charge on any atom is -0.395 e. The van der Waals surface area contributed by atoms with Gasteiger partial charge in [-0.05, 0) is 8.20 Å². The lowest BCUT2D eigenvalue weighted by atomic mass is 10.0. The van der Waals surface area contributed by atoms with Crippen LogP contribution in [0.3, 0.4) is 0 Å². The third-order valence-electron chi connectivity index (χ3n) is 3.85. The molecule has 0 saturated carbocycles. The Morgan fingerprint density at radius 3 is 2.83 bits per heavy atom. The largest absolute Gasteiger partial charge is 0.395 e. The first-order valence-corrected chi connectivity index (χ1v) is 9.67. The molecule has 0 amide bonds. The molecule has 2 aliphatic heterocycles. The van der Waals surface area contributed by atoms with E-state index in [0.29, 0.717) is 17.6 Å². The predicted molar refractivity (Wildman–Crippen MR) is 83.6 cm³/mol. The summed E-state index contributed by atoms with van der Waals surface area (Å²) in [6, 6.07) is 0.910. The SMILES string of the molecule is C=PC(N1CC(N2CCNCC2CO)C1)[P+](=C)C. The van der Waals surface area contributed by atoms with Gasteiger partial charge >= 0.3 is 0 Å². The molecule has 0 aromatic rings. The zero-order valence-corrected chi connectivity index (χ0v) is 12.9. The van der Waals surface area contributed by atoms with Gasteiger partial charge in [0.15, 0.2) is 0 Å². The molecule has 3 unspecified atom stereocenters. The summed E-state index contributed by atoms with van der Waals surface area (Å²) in [5, 5.41) is 12.8. The van der Waals surface area contributed by atoms with Crippen LogP contribution in [0.5, 0.6) is 0 Å². The summed E-state index contributed by atoms with van der Waals surface area (Å²) in [6.07, 6.45) is 8.22. The number of nitrogens with one attached hydrogen (secondary N) is 1. The van der Waals surface area contributed by atoms with E-state index in [9.17, 15) is 5.11 Å². The monoisotopic (exact) mass is 288 g/mol. The van der Waals surface area contributed by atoms with Crippen LogP contribution in [0.1, 0.15) is 0 Å². The van der Waals surface area contributed by atoms with Crippen molar-refractivity contribution in [2.75, 3.05) is 46.0 Å². The van der Waals surface area contributed by atoms with Gasteiger partial charge in [0.2, 0.25) is 5.52 Å². The van der Waals surface area contributed by atoms with Gasteiger partial charge in [0.25, 0.3) is 0 Å². The highest BCUT2D eigenvalue weighted by Crippen LogP contribution is 2.37. The maximum Gasteiger partial charge on any atom is 0.208 e. The molecule has 2 fully saturated rings. The van der Waals surface area contributed by atoms with E-state index in [1.807, 2.05) is 0 Å². The van der Waals surface area contributed by atoms with E-state index in [2.05, 4.69) is 34.4 Å². The molecule has 0 bridgehead atoms. The van der Waals surface area contributed by atoms with Crippen LogP contribution in [0.4, 0.5) is 0 Å². The van der Waals surface area contributed by atoms with Crippen LogP contribution in [0.25, 0.3) is 0 Å². The fraction of sp³-hybridized carbons (Fsp3) is 0.833. The molecule has 6 heteroatoms. The average molecular weight is 288 g/mol. The third-order valence-corrected chi connectivity index (χ3v) is 7.29. The van der Waals surface area contributed by atoms with Gasteiger partial charge in [0.05, 0.1) is 19.6 Å². The topological polar surface area (TPSA) is 38.7 Å². The first-order valence-electron chi connectivity index (χ1n) is 6.48. The molecule has 0 aromatic carbocycles. The summed E-state index contributed by atoms with van der Waals surface area (Å²) in [6.45, 7) is 7.74. The molecule has 3 atom stereocenters. The summed E-state index contributed by atoms with van der Waals surface area (Å²) in [5.41, 5.74) is 0.548. The Kier molecular flexibility index (Phi) is 5.32. The Morgan fingerprint density at radius 2 is 2.28 bits per heavy atom. The quantitative estimate of drug-likeness (QED) is 0.706. The normalized spacial score (nSPS) is 30.1. The Balaban J connectivity index is 1.87. The Hall–Kier alpha value is 0.180. The summed E-state index contributed by atoms with van der Waals surface area (Å²) >= 11 is 0. The highest BCUT2D eigenvalue weighted by Gasteiger charge is 2.41. The zero-order valence-electron chi connectivity index (χ0n) is 11.1. The summed E-state index contributed by atoms with van der Waals surface area (Å²) < 4.78 is 0. The number of rotatable bonds is 5. The smallest absolute Gasteiger partial charge is 0.208 e. The van der Waals surface area contributed by atoms with Crippen molar-refractivity contribution in [1.29, 1.82) is 0 Å². The molecule has 102 valence electrons. The van der Waals surface area contributed by atoms with Crippen LogP contribution >= 0.6 is 15.7 Å². The van der Waals surface area contributed by atoms with Gasteiger partial charge in [-0.1, -0.05) is 6.30 Å². The number of nitrogens with zero attached hydrogens (tertiary/aromatic N) is 2. The number of aliphatic hydroxyl groups is 1. The van der Waals surface area contributed by atoms with Gasteiger partial charge in [-0.15, -0.1) is 0 Å². The number of hydrogen-bond donors (Lipinski definition) is 2. The number of piperazine rings is 1. The van der Waals surface area contributed by atoms with Gasteiger partial charge in [-0.2, -0.15) is 0 Å². The van der Waals surface area contributed by atoms with Crippen LogP contribution in [0.2, 0.25) is 0 Å². The Labute approximate surface area is 113 Å². The minimum absolute atomic E-state index is 0.188. The predicted octanol–water partition coefficient (Wildman–Crippen LogP) is 0.142. The fourth-order valence-electron chi connectivity index (χ4n) is 2.85. The molecule has 2 N–H and O–H groups in total. The van der Waals surface area contributed by atoms with E-state index in [-0.39, 0.29) is 14.2 Å². The van der Waals surface area contributed by atoms with Crippen molar-refractivity contribution >= 4 is 28.3 Å². The fourth-order valence-corrected chi connectivity index (χ4v) is 5.13. The average Bonchev–Trinajstić information content (AvgIpc) is 2.32. The van der Waals surface area contributed by atoms with E-state index < -0.39 is 0 Å². The molecule has 2 heterocycles. The molecule has 2 saturated heterocycles. The van der Waals surface area contributed by atoms with Crippen molar-refractivity contribution < 1.29 is 5.11 Å². The summed E-state index contributed by atoms with van der Waals surface area (Å²) in [7, 11) is 1.01. The maximum atomic E-state index is 9.43. The molecule has 0 aromatic heterocycles. The number of hydrogen-bond acceptors (Lipinski definition) is 4. The number of aliphatic hydroxyl groups excluding tert-OH is 1.